The molecule has 0 amide bonds. The molecular weight excluding hydrogens is 343 g/mol. The van der Waals surface area contributed by atoms with E-state index in [-0.39, 0.29) is 10.9 Å². The predicted octanol–water partition coefficient (Wildman–Crippen LogP) is 3.86. The number of H-pyrrole nitrogens is 1. The highest BCUT2D eigenvalue weighted by atomic mass is 19.4. The number of hydrogen-bond donors (Lipinski definition) is 1. The third-order valence-corrected chi connectivity index (χ3v) is 5.20. The Bertz CT molecular complexity index is 827. The Morgan fingerprint density at radius 2 is 1.96 bits per heavy atom. The molecule has 1 saturated heterocycles. The number of anilines is 1. The normalized spacial score (nSPS) is 18.2. The van der Waals surface area contributed by atoms with Gasteiger partial charge in [0.25, 0.3) is 0 Å². The number of nitrogens with one attached hydrogen (secondary N) is 1. The molecule has 2 heterocycles. The van der Waals surface area contributed by atoms with Crippen LogP contribution >= 0.6 is 0 Å². The molecule has 1 aliphatic rings. The number of likely N-dealkylation sites (N-methyl/N-ethyl adjacent to an activating group) is 1. The maximum atomic E-state index is 13.4. The van der Waals surface area contributed by atoms with Gasteiger partial charge in [0.2, 0.25) is 5.56 Å². The van der Waals surface area contributed by atoms with Gasteiger partial charge in [-0.05, 0) is 44.1 Å². The highest BCUT2D eigenvalue weighted by Crippen LogP contribution is 2.36. The molecule has 1 aromatic heterocycles. The van der Waals surface area contributed by atoms with Gasteiger partial charge in [-0.2, -0.15) is 13.2 Å². The van der Waals surface area contributed by atoms with Gasteiger partial charge in [-0.3, -0.25) is 4.79 Å². The van der Waals surface area contributed by atoms with Crippen molar-refractivity contribution in [2.45, 2.75) is 38.9 Å². The first-order valence-electron chi connectivity index (χ1n) is 9.06. The second kappa shape index (κ2) is 7.31. The van der Waals surface area contributed by atoms with Crippen LogP contribution in [0.3, 0.4) is 0 Å². The molecule has 1 atom stereocenters. The number of aromatic amines is 1. The fraction of sp³-hybridized carbons (Fsp3) is 0.526. The molecule has 1 N–H and O–H groups in total. The minimum absolute atomic E-state index is 0.0445. The van der Waals surface area contributed by atoms with Crippen LogP contribution < -0.4 is 10.5 Å². The smallest absolute Gasteiger partial charge is 0.367 e. The second-order valence-corrected chi connectivity index (χ2v) is 6.75. The van der Waals surface area contributed by atoms with Crippen molar-refractivity contribution in [1.29, 1.82) is 0 Å². The van der Waals surface area contributed by atoms with Gasteiger partial charge in [0, 0.05) is 41.8 Å². The van der Waals surface area contributed by atoms with Crippen molar-refractivity contribution in [1.82, 2.24) is 9.88 Å². The minimum Gasteiger partial charge on any atom is -0.367 e. The summed E-state index contributed by atoms with van der Waals surface area (Å²) in [6.45, 7) is 7.89. The number of nitrogens with zero attached hydrogens (tertiary/aromatic N) is 2. The van der Waals surface area contributed by atoms with E-state index in [2.05, 4.69) is 28.6 Å². The van der Waals surface area contributed by atoms with Crippen LogP contribution in [0.15, 0.2) is 29.1 Å². The van der Waals surface area contributed by atoms with E-state index in [1.54, 1.807) is 18.2 Å². The van der Waals surface area contributed by atoms with Crippen molar-refractivity contribution in [3.05, 3.63) is 40.2 Å². The average Bonchev–Trinajstić information content (AvgIpc) is 3.05. The first kappa shape index (κ1) is 18.8. The lowest BCUT2D eigenvalue weighted by Gasteiger charge is -2.31. The molecule has 142 valence electrons. The quantitative estimate of drug-likeness (QED) is 0.872. The third-order valence-electron chi connectivity index (χ3n) is 5.20. The summed E-state index contributed by atoms with van der Waals surface area (Å²) in [5.41, 5.74) is -0.617. The zero-order valence-electron chi connectivity index (χ0n) is 15.1. The summed E-state index contributed by atoms with van der Waals surface area (Å²) in [5, 5.41) is 0.0445. The Morgan fingerprint density at radius 1 is 1.23 bits per heavy atom. The number of hydrogen-bond acceptors (Lipinski definition) is 3. The van der Waals surface area contributed by atoms with Crippen LogP contribution in [0.2, 0.25) is 0 Å². The molecule has 1 aromatic carbocycles. The Balaban J connectivity index is 2.00. The third kappa shape index (κ3) is 3.72. The molecule has 1 fully saturated rings. The van der Waals surface area contributed by atoms with Crippen molar-refractivity contribution in [3.8, 4) is 0 Å². The lowest BCUT2D eigenvalue weighted by molar-refractivity contribution is -0.136. The molecule has 0 spiro atoms. The summed E-state index contributed by atoms with van der Waals surface area (Å²) >= 11 is 0. The number of benzene rings is 1. The highest BCUT2D eigenvalue weighted by Gasteiger charge is 2.34. The number of rotatable bonds is 5. The Labute approximate surface area is 150 Å². The number of fused-ring (bicyclic) bond motifs is 1. The van der Waals surface area contributed by atoms with E-state index in [1.807, 2.05) is 0 Å². The van der Waals surface area contributed by atoms with E-state index in [9.17, 15) is 18.0 Å². The van der Waals surface area contributed by atoms with Crippen LogP contribution in [0.4, 0.5) is 18.9 Å². The van der Waals surface area contributed by atoms with Gasteiger partial charge in [0.05, 0.1) is 5.56 Å². The first-order valence-corrected chi connectivity index (χ1v) is 9.06. The van der Waals surface area contributed by atoms with E-state index in [0.29, 0.717) is 12.1 Å². The van der Waals surface area contributed by atoms with Crippen molar-refractivity contribution in [3.63, 3.8) is 0 Å². The van der Waals surface area contributed by atoms with E-state index in [1.165, 1.54) is 0 Å². The summed E-state index contributed by atoms with van der Waals surface area (Å²) < 4.78 is 40.1. The minimum atomic E-state index is -4.56. The number of pyridine rings is 1. The van der Waals surface area contributed by atoms with E-state index in [0.717, 1.165) is 44.7 Å². The molecule has 7 heteroatoms. The van der Waals surface area contributed by atoms with Crippen LogP contribution in [0.5, 0.6) is 0 Å². The van der Waals surface area contributed by atoms with Crippen LogP contribution in [-0.4, -0.2) is 42.1 Å². The van der Waals surface area contributed by atoms with Crippen LogP contribution in [0.1, 0.15) is 32.3 Å². The maximum Gasteiger partial charge on any atom is 0.417 e. The highest BCUT2D eigenvalue weighted by molar-refractivity contribution is 5.86. The summed E-state index contributed by atoms with van der Waals surface area (Å²) in [6, 6.07) is 5.88. The molecule has 1 aliphatic heterocycles. The molecule has 2 aromatic rings. The van der Waals surface area contributed by atoms with Gasteiger partial charge in [0.1, 0.15) is 0 Å². The molecule has 26 heavy (non-hydrogen) atoms. The SMILES string of the molecule is CCN(CC)CC1CCCN1c1ccc2[nH]c(=O)cc(C(F)(F)F)c2c1. The number of alkyl halides is 3. The Kier molecular flexibility index (Phi) is 5.27. The average molecular weight is 367 g/mol. The number of halogens is 3. The largest absolute Gasteiger partial charge is 0.417 e. The lowest BCUT2D eigenvalue weighted by atomic mass is 10.1. The molecule has 0 bridgehead atoms. The van der Waals surface area contributed by atoms with E-state index in [4.69, 9.17) is 0 Å². The molecule has 0 radical (unpaired) electrons. The zero-order chi connectivity index (χ0) is 18.9. The monoisotopic (exact) mass is 367 g/mol. The zero-order valence-corrected chi connectivity index (χ0v) is 15.1. The van der Waals surface area contributed by atoms with Crippen molar-refractivity contribution < 1.29 is 13.2 Å². The fourth-order valence-electron chi connectivity index (χ4n) is 3.80. The van der Waals surface area contributed by atoms with Crippen LogP contribution in [-0.2, 0) is 6.18 Å². The van der Waals surface area contributed by atoms with Crippen LogP contribution in [0.25, 0.3) is 10.9 Å². The molecule has 0 aliphatic carbocycles. The van der Waals surface area contributed by atoms with E-state index >= 15 is 0 Å². The predicted molar refractivity (Wildman–Crippen MR) is 97.7 cm³/mol. The van der Waals surface area contributed by atoms with Gasteiger partial charge < -0.3 is 14.8 Å². The topological polar surface area (TPSA) is 39.3 Å². The summed E-state index contributed by atoms with van der Waals surface area (Å²) in [6.07, 6.45) is -2.50. The summed E-state index contributed by atoms with van der Waals surface area (Å²) in [7, 11) is 0. The van der Waals surface area contributed by atoms with Crippen molar-refractivity contribution >= 4 is 16.6 Å². The molecular formula is C19H24F3N3O. The molecule has 4 nitrogen and oxygen atoms in total. The summed E-state index contributed by atoms with van der Waals surface area (Å²) in [4.78, 5) is 18.6. The van der Waals surface area contributed by atoms with E-state index < -0.39 is 17.3 Å². The standard InChI is InChI=1S/C19H24F3N3O/c1-3-24(4-2)12-14-6-5-9-25(14)13-7-8-17-15(10-13)16(19(20,21)22)11-18(26)23-17/h7-8,10-11,14H,3-6,9,12H2,1-2H3,(H,23,26). The molecule has 0 saturated carbocycles. The number of aromatic nitrogens is 1. The van der Waals surface area contributed by atoms with Crippen molar-refractivity contribution in [2.75, 3.05) is 31.1 Å². The second-order valence-electron chi connectivity index (χ2n) is 6.75. The van der Waals surface area contributed by atoms with Gasteiger partial charge in [-0.1, -0.05) is 13.8 Å². The fourth-order valence-corrected chi connectivity index (χ4v) is 3.80. The molecule has 1 unspecified atom stereocenters. The van der Waals surface area contributed by atoms with Crippen LogP contribution in [0, 0.1) is 0 Å². The molecule has 3 rings (SSSR count). The van der Waals surface area contributed by atoms with Crippen molar-refractivity contribution in [2.24, 2.45) is 0 Å². The Morgan fingerprint density at radius 3 is 2.62 bits per heavy atom. The van der Waals surface area contributed by atoms with Gasteiger partial charge in [-0.15, -0.1) is 0 Å². The first-order chi connectivity index (χ1) is 12.3. The lowest BCUT2D eigenvalue weighted by Crippen LogP contribution is -2.40. The Hall–Kier alpha value is -2.02. The van der Waals surface area contributed by atoms with Gasteiger partial charge in [-0.25, -0.2) is 0 Å². The van der Waals surface area contributed by atoms with Gasteiger partial charge >= 0.3 is 6.18 Å². The van der Waals surface area contributed by atoms with Gasteiger partial charge in [0.15, 0.2) is 0 Å². The summed E-state index contributed by atoms with van der Waals surface area (Å²) in [5.74, 6) is 0. The maximum absolute atomic E-state index is 13.4.